The van der Waals surface area contributed by atoms with Gasteiger partial charge in [0.25, 0.3) is 0 Å². The van der Waals surface area contributed by atoms with Gasteiger partial charge in [0.1, 0.15) is 0 Å². The summed E-state index contributed by atoms with van der Waals surface area (Å²) in [6, 6.07) is 4.36. The van der Waals surface area contributed by atoms with Crippen molar-refractivity contribution < 1.29 is 8.78 Å². The van der Waals surface area contributed by atoms with Crippen LogP contribution in [0.1, 0.15) is 76.7 Å². The van der Waals surface area contributed by atoms with Crippen molar-refractivity contribution in [2.75, 3.05) is 0 Å². The van der Waals surface area contributed by atoms with Crippen molar-refractivity contribution in [3.05, 3.63) is 47.5 Å². The number of aryl methyl sites for hydroxylation is 1. The normalized spacial score (nSPS) is 30.0. The summed E-state index contributed by atoms with van der Waals surface area (Å²) >= 11 is 0. The molecular formula is C24H34F2. The van der Waals surface area contributed by atoms with Crippen molar-refractivity contribution in [1.82, 2.24) is 0 Å². The second kappa shape index (κ2) is 9.67. The highest BCUT2D eigenvalue weighted by molar-refractivity contribution is 5.17. The summed E-state index contributed by atoms with van der Waals surface area (Å²) in [7, 11) is 0. The molecule has 0 atom stereocenters. The van der Waals surface area contributed by atoms with Gasteiger partial charge in [-0.25, -0.2) is 8.78 Å². The zero-order chi connectivity index (χ0) is 18.4. The van der Waals surface area contributed by atoms with Crippen LogP contribution in [0.4, 0.5) is 8.78 Å². The van der Waals surface area contributed by atoms with Gasteiger partial charge in [-0.15, -0.1) is 0 Å². The van der Waals surface area contributed by atoms with Crippen LogP contribution < -0.4 is 0 Å². The fourth-order valence-corrected chi connectivity index (χ4v) is 5.24. The van der Waals surface area contributed by atoms with Gasteiger partial charge in [-0.3, -0.25) is 0 Å². The van der Waals surface area contributed by atoms with Gasteiger partial charge in [0.2, 0.25) is 0 Å². The van der Waals surface area contributed by atoms with E-state index in [2.05, 4.69) is 19.1 Å². The lowest BCUT2D eigenvalue weighted by Crippen LogP contribution is -2.26. The van der Waals surface area contributed by atoms with Crippen molar-refractivity contribution in [2.24, 2.45) is 23.7 Å². The highest BCUT2D eigenvalue weighted by Gasteiger charge is 2.30. The Bertz CT molecular complexity index is 576. The minimum Gasteiger partial charge on any atom is -0.204 e. The smallest absolute Gasteiger partial charge is 0.159 e. The maximum absolute atomic E-state index is 13.3. The second-order valence-corrected chi connectivity index (χ2v) is 8.65. The Morgan fingerprint density at radius 1 is 0.846 bits per heavy atom. The first-order valence-electron chi connectivity index (χ1n) is 10.7. The summed E-state index contributed by atoms with van der Waals surface area (Å²) < 4.78 is 26.3. The SMILES string of the molecule is C/C=C/CC1CCC(C2CCC(CCc3ccc(F)c(F)c3)CC2)CC1. The summed E-state index contributed by atoms with van der Waals surface area (Å²) in [6.07, 6.45) is 18.9. The summed E-state index contributed by atoms with van der Waals surface area (Å²) in [4.78, 5) is 0. The largest absolute Gasteiger partial charge is 0.204 e. The molecule has 2 heteroatoms. The lowest BCUT2D eigenvalue weighted by Gasteiger charge is -2.37. The molecule has 0 radical (unpaired) electrons. The van der Waals surface area contributed by atoms with Crippen LogP contribution in [-0.4, -0.2) is 0 Å². The van der Waals surface area contributed by atoms with Gasteiger partial charge < -0.3 is 0 Å². The van der Waals surface area contributed by atoms with Crippen LogP contribution in [0.5, 0.6) is 0 Å². The van der Waals surface area contributed by atoms with Crippen LogP contribution in [-0.2, 0) is 6.42 Å². The molecule has 0 N–H and O–H groups in total. The van der Waals surface area contributed by atoms with Gasteiger partial charge in [-0.1, -0.05) is 31.1 Å². The Hall–Kier alpha value is -1.18. The molecule has 0 saturated heterocycles. The lowest BCUT2D eigenvalue weighted by molar-refractivity contribution is 0.144. The Labute approximate surface area is 158 Å². The molecule has 26 heavy (non-hydrogen) atoms. The number of halogens is 2. The maximum Gasteiger partial charge on any atom is 0.159 e. The van der Waals surface area contributed by atoms with Crippen LogP contribution in [0, 0.1) is 35.3 Å². The average molecular weight is 361 g/mol. The summed E-state index contributed by atoms with van der Waals surface area (Å²) in [6.45, 7) is 2.12. The predicted molar refractivity (Wildman–Crippen MR) is 105 cm³/mol. The molecule has 3 rings (SSSR count). The van der Waals surface area contributed by atoms with Crippen molar-refractivity contribution in [2.45, 2.75) is 77.6 Å². The average Bonchev–Trinajstić information content (AvgIpc) is 2.68. The molecule has 2 aliphatic carbocycles. The molecule has 2 saturated carbocycles. The van der Waals surface area contributed by atoms with Gasteiger partial charge in [0, 0.05) is 0 Å². The first-order chi connectivity index (χ1) is 12.7. The van der Waals surface area contributed by atoms with E-state index >= 15 is 0 Å². The molecule has 2 fully saturated rings. The first-order valence-corrected chi connectivity index (χ1v) is 10.7. The van der Waals surface area contributed by atoms with Crippen LogP contribution in [0.3, 0.4) is 0 Å². The van der Waals surface area contributed by atoms with Crippen LogP contribution in [0.25, 0.3) is 0 Å². The van der Waals surface area contributed by atoms with E-state index in [4.69, 9.17) is 0 Å². The van der Waals surface area contributed by atoms with Crippen molar-refractivity contribution in [1.29, 1.82) is 0 Å². The molecule has 2 aliphatic rings. The Balaban J connectivity index is 1.37. The minimum absolute atomic E-state index is 0.712. The lowest BCUT2D eigenvalue weighted by atomic mass is 9.68. The topological polar surface area (TPSA) is 0 Å². The minimum atomic E-state index is -0.741. The van der Waals surface area contributed by atoms with Crippen molar-refractivity contribution in [3.63, 3.8) is 0 Å². The Morgan fingerprint density at radius 3 is 2.04 bits per heavy atom. The van der Waals surface area contributed by atoms with Crippen molar-refractivity contribution in [3.8, 4) is 0 Å². The highest BCUT2D eigenvalue weighted by atomic mass is 19.2. The maximum atomic E-state index is 13.3. The fourth-order valence-electron chi connectivity index (χ4n) is 5.24. The van der Waals surface area contributed by atoms with Crippen LogP contribution >= 0.6 is 0 Å². The molecule has 0 aliphatic heterocycles. The molecule has 0 amide bonds. The second-order valence-electron chi connectivity index (χ2n) is 8.65. The van der Waals surface area contributed by atoms with E-state index in [9.17, 15) is 8.78 Å². The zero-order valence-corrected chi connectivity index (χ0v) is 16.2. The zero-order valence-electron chi connectivity index (χ0n) is 16.2. The first kappa shape index (κ1) is 19.6. The standard InChI is InChI=1S/C24H34F2/c1-2-3-4-18-7-12-21(13-8-18)22-14-9-19(10-15-22)5-6-20-11-16-23(25)24(26)17-20/h2-3,11,16-19,21-22H,4-10,12-15H2,1H3/b3-2+. The van der Waals surface area contributed by atoms with E-state index in [0.717, 1.165) is 42.1 Å². The number of hydrogen-bond acceptors (Lipinski definition) is 0. The number of hydrogen-bond donors (Lipinski definition) is 0. The highest BCUT2D eigenvalue weighted by Crippen LogP contribution is 2.42. The molecule has 0 aromatic heterocycles. The molecule has 1 aromatic carbocycles. The van der Waals surface area contributed by atoms with E-state index in [1.165, 1.54) is 69.9 Å². The Morgan fingerprint density at radius 2 is 1.46 bits per heavy atom. The number of rotatable bonds is 6. The predicted octanol–water partition coefficient (Wildman–Crippen LogP) is 7.48. The Kier molecular flexibility index (Phi) is 7.28. The molecule has 0 spiro atoms. The number of benzene rings is 1. The number of allylic oxidation sites excluding steroid dienone is 2. The molecule has 144 valence electrons. The fraction of sp³-hybridized carbons (Fsp3) is 0.667. The van der Waals surface area contributed by atoms with Gasteiger partial charge in [-0.2, -0.15) is 0 Å². The third-order valence-corrected chi connectivity index (χ3v) is 6.98. The third-order valence-electron chi connectivity index (χ3n) is 6.98. The monoisotopic (exact) mass is 360 g/mol. The van der Waals surface area contributed by atoms with Gasteiger partial charge in [0.05, 0.1) is 0 Å². The van der Waals surface area contributed by atoms with E-state index in [0.29, 0.717) is 0 Å². The molecule has 0 unspecified atom stereocenters. The molecule has 0 bridgehead atoms. The van der Waals surface area contributed by atoms with E-state index in [1.54, 1.807) is 6.07 Å². The molecule has 0 nitrogen and oxygen atoms in total. The van der Waals surface area contributed by atoms with Crippen LogP contribution in [0.2, 0.25) is 0 Å². The third kappa shape index (κ3) is 5.41. The van der Waals surface area contributed by atoms with E-state index < -0.39 is 11.6 Å². The van der Waals surface area contributed by atoms with E-state index in [1.807, 2.05) is 0 Å². The van der Waals surface area contributed by atoms with Crippen LogP contribution in [0.15, 0.2) is 30.4 Å². The van der Waals surface area contributed by atoms with Gasteiger partial charge in [-0.05, 0) is 106 Å². The summed E-state index contributed by atoms with van der Waals surface area (Å²) in [5.74, 6) is 2.15. The molecule has 1 aromatic rings. The summed E-state index contributed by atoms with van der Waals surface area (Å²) in [5, 5.41) is 0. The van der Waals surface area contributed by atoms with Gasteiger partial charge in [0.15, 0.2) is 11.6 Å². The quantitative estimate of drug-likeness (QED) is 0.461. The summed E-state index contributed by atoms with van der Waals surface area (Å²) in [5.41, 5.74) is 0.936. The van der Waals surface area contributed by atoms with Crippen molar-refractivity contribution >= 4 is 0 Å². The molecular weight excluding hydrogens is 326 g/mol. The van der Waals surface area contributed by atoms with E-state index in [-0.39, 0.29) is 0 Å². The molecule has 0 heterocycles. The van der Waals surface area contributed by atoms with Gasteiger partial charge >= 0.3 is 0 Å².